The summed E-state index contributed by atoms with van der Waals surface area (Å²) < 4.78 is 9.11. The molecule has 1 saturated carbocycles. The van der Waals surface area contributed by atoms with Gasteiger partial charge in [-0.15, -0.1) is 0 Å². The van der Waals surface area contributed by atoms with Crippen molar-refractivity contribution in [3.63, 3.8) is 0 Å². The molecule has 6 nitrogen and oxygen atoms in total. The zero-order chi connectivity index (χ0) is 14.4. The van der Waals surface area contributed by atoms with E-state index in [0.29, 0.717) is 12.5 Å². The number of furan rings is 1. The minimum absolute atomic E-state index is 0.0605. The molecule has 0 atom stereocenters. The van der Waals surface area contributed by atoms with Crippen LogP contribution in [0.1, 0.15) is 30.2 Å². The van der Waals surface area contributed by atoms with E-state index in [-0.39, 0.29) is 5.69 Å². The van der Waals surface area contributed by atoms with Crippen molar-refractivity contribution in [1.82, 2.24) is 19.2 Å². The fourth-order valence-electron chi connectivity index (χ4n) is 2.94. The predicted octanol–water partition coefficient (Wildman–Crippen LogP) is 1.37. The van der Waals surface area contributed by atoms with E-state index >= 15 is 0 Å². The zero-order valence-corrected chi connectivity index (χ0v) is 12.3. The molecule has 1 aliphatic carbocycles. The van der Waals surface area contributed by atoms with Crippen molar-refractivity contribution < 1.29 is 4.42 Å². The van der Waals surface area contributed by atoms with Gasteiger partial charge in [-0.25, -0.2) is 9.48 Å². The predicted molar refractivity (Wildman–Crippen MR) is 76.8 cm³/mol. The van der Waals surface area contributed by atoms with Crippen LogP contribution in [0.2, 0.25) is 0 Å². The van der Waals surface area contributed by atoms with Gasteiger partial charge in [-0.1, -0.05) is 0 Å². The quantitative estimate of drug-likeness (QED) is 0.852. The molecule has 0 radical (unpaired) electrons. The van der Waals surface area contributed by atoms with Crippen molar-refractivity contribution in [1.29, 1.82) is 0 Å². The van der Waals surface area contributed by atoms with E-state index in [2.05, 4.69) is 10.00 Å². The summed E-state index contributed by atoms with van der Waals surface area (Å²) in [5.41, 5.74) is 0.0605. The first-order valence-corrected chi connectivity index (χ1v) is 7.63. The topological polar surface area (TPSA) is 56.2 Å². The summed E-state index contributed by atoms with van der Waals surface area (Å²) in [5, 5.41) is 4.52. The minimum Gasteiger partial charge on any atom is -0.465 e. The number of aromatic nitrogens is 3. The molecule has 2 aromatic heterocycles. The Morgan fingerprint density at radius 1 is 1.33 bits per heavy atom. The van der Waals surface area contributed by atoms with Gasteiger partial charge in [-0.05, 0) is 37.8 Å². The van der Waals surface area contributed by atoms with Crippen LogP contribution < -0.4 is 5.69 Å². The minimum atomic E-state index is 0.0605. The van der Waals surface area contributed by atoms with Gasteiger partial charge in [0.15, 0.2) is 0 Å². The zero-order valence-electron chi connectivity index (χ0n) is 12.3. The molecule has 0 amide bonds. The molecule has 0 aromatic carbocycles. The summed E-state index contributed by atoms with van der Waals surface area (Å²) in [5.74, 6) is 3.46. The molecule has 0 unspecified atom stereocenters. The monoisotopic (exact) mass is 288 g/mol. The average molecular weight is 288 g/mol. The van der Waals surface area contributed by atoms with Crippen LogP contribution >= 0.6 is 0 Å². The Bertz CT molecular complexity index is 708. The van der Waals surface area contributed by atoms with E-state index in [1.807, 2.05) is 23.6 Å². The number of nitrogens with zero attached hydrogens (tertiary/aromatic N) is 4. The van der Waals surface area contributed by atoms with Gasteiger partial charge < -0.3 is 4.42 Å². The number of fused-ring (bicyclic) bond motifs is 1. The maximum atomic E-state index is 12.3. The number of aryl methyl sites for hydroxylation is 1. The van der Waals surface area contributed by atoms with Crippen LogP contribution in [0.15, 0.2) is 21.3 Å². The van der Waals surface area contributed by atoms with Gasteiger partial charge in [0.1, 0.15) is 17.3 Å². The van der Waals surface area contributed by atoms with Crippen LogP contribution in [-0.2, 0) is 26.2 Å². The van der Waals surface area contributed by atoms with Gasteiger partial charge in [0.2, 0.25) is 0 Å². The second-order valence-corrected chi connectivity index (χ2v) is 6.20. The smallest absolute Gasteiger partial charge is 0.346 e. The van der Waals surface area contributed by atoms with Gasteiger partial charge in [-0.3, -0.25) is 9.47 Å². The maximum Gasteiger partial charge on any atom is 0.346 e. The van der Waals surface area contributed by atoms with E-state index in [4.69, 9.17) is 4.42 Å². The summed E-state index contributed by atoms with van der Waals surface area (Å²) in [7, 11) is 0. The summed E-state index contributed by atoms with van der Waals surface area (Å²) in [6.07, 6.45) is 2.47. The fourth-order valence-corrected chi connectivity index (χ4v) is 2.94. The lowest BCUT2D eigenvalue weighted by Crippen LogP contribution is -2.37. The molecule has 2 aliphatic rings. The molecule has 2 aromatic rings. The van der Waals surface area contributed by atoms with Crippen LogP contribution in [0, 0.1) is 12.8 Å². The molecule has 6 heteroatoms. The SMILES string of the molecule is Cc1ccc(CN2CCn3c(nn(CC4CC4)c3=O)C2)o1. The van der Waals surface area contributed by atoms with Gasteiger partial charge in [0.05, 0.1) is 13.1 Å². The number of hydrogen-bond donors (Lipinski definition) is 0. The van der Waals surface area contributed by atoms with Crippen molar-refractivity contribution >= 4 is 0 Å². The van der Waals surface area contributed by atoms with Crippen molar-refractivity contribution in [2.75, 3.05) is 6.54 Å². The van der Waals surface area contributed by atoms with Gasteiger partial charge in [0, 0.05) is 19.6 Å². The molecule has 0 saturated heterocycles. The number of rotatable bonds is 4. The van der Waals surface area contributed by atoms with Crippen molar-refractivity contribution in [2.24, 2.45) is 5.92 Å². The van der Waals surface area contributed by atoms with Crippen molar-refractivity contribution in [3.05, 3.63) is 40.0 Å². The molecule has 4 rings (SSSR count). The molecule has 21 heavy (non-hydrogen) atoms. The Labute approximate surface area is 123 Å². The maximum absolute atomic E-state index is 12.3. The summed E-state index contributed by atoms with van der Waals surface area (Å²) in [6.45, 7) is 5.82. The molecule has 0 N–H and O–H groups in total. The summed E-state index contributed by atoms with van der Waals surface area (Å²) in [4.78, 5) is 14.6. The third-order valence-corrected chi connectivity index (χ3v) is 4.31. The second-order valence-electron chi connectivity index (χ2n) is 6.20. The molecule has 1 fully saturated rings. The first-order valence-electron chi connectivity index (χ1n) is 7.63. The molecular formula is C15H20N4O2. The summed E-state index contributed by atoms with van der Waals surface area (Å²) >= 11 is 0. The van der Waals surface area contributed by atoms with E-state index in [1.54, 1.807) is 4.68 Å². The molecule has 3 heterocycles. The highest BCUT2D eigenvalue weighted by Gasteiger charge is 2.27. The Morgan fingerprint density at radius 3 is 2.90 bits per heavy atom. The Balaban J connectivity index is 1.50. The first kappa shape index (κ1) is 12.9. The van der Waals surface area contributed by atoms with Crippen LogP contribution in [0.3, 0.4) is 0 Å². The first-order chi connectivity index (χ1) is 10.2. The van der Waals surface area contributed by atoms with E-state index in [0.717, 1.165) is 43.5 Å². The van der Waals surface area contributed by atoms with Gasteiger partial charge in [-0.2, -0.15) is 5.10 Å². The Hall–Kier alpha value is -1.82. The molecule has 1 aliphatic heterocycles. The fraction of sp³-hybridized carbons (Fsp3) is 0.600. The van der Waals surface area contributed by atoms with E-state index in [1.165, 1.54) is 12.8 Å². The molecule has 0 bridgehead atoms. The van der Waals surface area contributed by atoms with Crippen LogP contribution in [-0.4, -0.2) is 25.8 Å². The highest BCUT2D eigenvalue weighted by Crippen LogP contribution is 2.30. The average Bonchev–Trinajstić information content (AvgIpc) is 3.11. The van der Waals surface area contributed by atoms with Gasteiger partial charge in [0.25, 0.3) is 0 Å². The highest BCUT2D eigenvalue weighted by atomic mass is 16.3. The van der Waals surface area contributed by atoms with Crippen molar-refractivity contribution in [3.8, 4) is 0 Å². The van der Waals surface area contributed by atoms with Crippen molar-refractivity contribution in [2.45, 2.75) is 45.9 Å². The summed E-state index contributed by atoms with van der Waals surface area (Å²) in [6, 6.07) is 4.00. The molecule has 0 spiro atoms. The molecular weight excluding hydrogens is 268 g/mol. The van der Waals surface area contributed by atoms with Crippen LogP contribution in [0.25, 0.3) is 0 Å². The Kier molecular flexibility index (Phi) is 2.99. The van der Waals surface area contributed by atoms with E-state index < -0.39 is 0 Å². The molecule has 112 valence electrons. The third kappa shape index (κ3) is 2.55. The van der Waals surface area contributed by atoms with E-state index in [9.17, 15) is 4.79 Å². The lowest BCUT2D eigenvalue weighted by Gasteiger charge is -2.25. The van der Waals surface area contributed by atoms with Gasteiger partial charge >= 0.3 is 5.69 Å². The lowest BCUT2D eigenvalue weighted by molar-refractivity contribution is 0.191. The third-order valence-electron chi connectivity index (χ3n) is 4.31. The highest BCUT2D eigenvalue weighted by molar-refractivity contribution is 5.06. The lowest BCUT2D eigenvalue weighted by atomic mass is 10.3. The largest absolute Gasteiger partial charge is 0.465 e. The van der Waals surface area contributed by atoms with Crippen LogP contribution in [0.4, 0.5) is 0 Å². The number of hydrogen-bond acceptors (Lipinski definition) is 4. The van der Waals surface area contributed by atoms with Crippen LogP contribution in [0.5, 0.6) is 0 Å². The second kappa shape index (κ2) is 4.87. The standard InChI is InChI=1S/C15H20N4O2/c1-11-2-5-13(21-11)9-17-6-7-18-14(10-17)16-19(15(18)20)8-12-3-4-12/h2,5,12H,3-4,6-10H2,1H3. The Morgan fingerprint density at radius 2 is 2.19 bits per heavy atom. The normalized spacial score (nSPS) is 18.9.